The van der Waals surface area contributed by atoms with Crippen LogP contribution in [0.3, 0.4) is 0 Å². The van der Waals surface area contributed by atoms with E-state index in [1.807, 2.05) is 0 Å². The molecule has 0 saturated carbocycles. The number of aliphatic hydroxyl groups excluding tert-OH is 2. The minimum atomic E-state index is -0.0764. The van der Waals surface area contributed by atoms with E-state index in [4.69, 9.17) is 10.2 Å². The van der Waals surface area contributed by atoms with Gasteiger partial charge in [-0.25, -0.2) is 0 Å². The van der Waals surface area contributed by atoms with Gasteiger partial charge < -0.3 is 10.2 Å². The van der Waals surface area contributed by atoms with Crippen molar-refractivity contribution in [3.8, 4) is 0 Å². The van der Waals surface area contributed by atoms with Crippen LogP contribution in [0.1, 0.15) is 13.8 Å². The van der Waals surface area contributed by atoms with Crippen molar-refractivity contribution < 1.29 is 10.2 Å². The fraction of sp³-hybridized carbons (Fsp3) is 0.333. The Morgan fingerprint density at radius 1 is 1.38 bits per heavy atom. The summed E-state index contributed by atoms with van der Waals surface area (Å²) in [6, 6.07) is 0. The summed E-state index contributed by atoms with van der Waals surface area (Å²) in [7, 11) is 0. The Kier molecular flexibility index (Phi) is 2.77. The van der Waals surface area contributed by atoms with Crippen molar-refractivity contribution in [3.63, 3.8) is 0 Å². The molecule has 2 N–H and O–H groups in total. The number of aliphatic hydroxyl groups is 2. The average molecular weight is 114 g/mol. The second-order valence-corrected chi connectivity index (χ2v) is 1.47. The van der Waals surface area contributed by atoms with E-state index in [1.165, 1.54) is 13.0 Å². The summed E-state index contributed by atoms with van der Waals surface area (Å²) in [6.45, 7) is 3.19. The molecule has 0 aromatic heterocycles. The van der Waals surface area contributed by atoms with Gasteiger partial charge in [0.05, 0.1) is 0 Å². The summed E-state index contributed by atoms with van der Waals surface area (Å²) in [4.78, 5) is 0. The van der Waals surface area contributed by atoms with Crippen molar-refractivity contribution in [1.29, 1.82) is 0 Å². The average Bonchev–Trinajstić information content (AvgIpc) is 1.67. The van der Waals surface area contributed by atoms with Gasteiger partial charge in [-0.05, 0) is 19.9 Å². The van der Waals surface area contributed by atoms with E-state index in [0.29, 0.717) is 0 Å². The molecule has 46 valence electrons. The van der Waals surface area contributed by atoms with Gasteiger partial charge in [0, 0.05) is 0 Å². The molecular formula is C6H10O2. The first kappa shape index (κ1) is 7.08. The lowest BCUT2D eigenvalue weighted by atomic mass is 10.4. The lowest BCUT2D eigenvalue weighted by Crippen LogP contribution is -1.79. The third-order valence-electron chi connectivity index (χ3n) is 0.695. The SMILES string of the molecule is C/C=C\C(O)=C(/C)O. The van der Waals surface area contributed by atoms with Crippen LogP contribution < -0.4 is 0 Å². The molecule has 0 rings (SSSR count). The Labute approximate surface area is 48.8 Å². The molecule has 0 atom stereocenters. The largest absolute Gasteiger partial charge is 0.509 e. The van der Waals surface area contributed by atoms with Crippen LogP contribution in [-0.4, -0.2) is 10.2 Å². The smallest absolute Gasteiger partial charge is 0.152 e. The molecule has 0 amide bonds. The van der Waals surface area contributed by atoms with E-state index < -0.39 is 0 Å². The van der Waals surface area contributed by atoms with Crippen LogP contribution in [0.5, 0.6) is 0 Å². The van der Waals surface area contributed by atoms with Crippen LogP contribution in [0.25, 0.3) is 0 Å². The Bertz CT molecular complexity index is 118. The molecule has 0 aliphatic heterocycles. The predicted octanol–water partition coefficient (Wildman–Crippen LogP) is 1.91. The van der Waals surface area contributed by atoms with Gasteiger partial charge in [-0.15, -0.1) is 0 Å². The number of hydrogen-bond acceptors (Lipinski definition) is 2. The first-order chi connectivity index (χ1) is 3.68. The van der Waals surface area contributed by atoms with Crippen molar-refractivity contribution in [2.45, 2.75) is 13.8 Å². The lowest BCUT2D eigenvalue weighted by Gasteiger charge is -1.89. The maximum absolute atomic E-state index is 8.67. The van der Waals surface area contributed by atoms with E-state index in [9.17, 15) is 0 Å². The molecule has 0 fully saturated rings. The highest BCUT2D eigenvalue weighted by Gasteiger charge is 1.87. The maximum atomic E-state index is 8.67. The molecule has 0 saturated heterocycles. The molecule has 0 aromatic carbocycles. The summed E-state index contributed by atoms with van der Waals surface area (Å²) in [5.41, 5.74) is 0. The number of rotatable bonds is 1. The summed E-state index contributed by atoms with van der Waals surface area (Å²) >= 11 is 0. The number of hydrogen-bond donors (Lipinski definition) is 2. The molecule has 0 bridgehead atoms. The molecule has 0 heterocycles. The predicted molar refractivity (Wildman–Crippen MR) is 32.8 cm³/mol. The molecule has 0 unspecified atom stereocenters. The van der Waals surface area contributed by atoms with Gasteiger partial charge in [0.1, 0.15) is 5.76 Å². The van der Waals surface area contributed by atoms with Crippen molar-refractivity contribution in [1.82, 2.24) is 0 Å². The molecule has 2 heteroatoms. The third-order valence-corrected chi connectivity index (χ3v) is 0.695. The maximum Gasteiger partial charge on any atom is 0.152 e. The highest BCUT2D eigenvalue weighted by molar-refractivity contribution is 5.11. The molecule has 0 radical (unpaired) electrons. The van der Waals surface area contributed by atoms with Crippen molar-refractivity contribution in [3.05, 3.63) is 23.7 Å². The fourth-order valence-electron chi connectivity index (χ4n) is 0.278. The fourth-order valence-corrected chi connectivity index (χ4v) is 0.278. The second kappa shape index (κ2) is 3.13. The molecular weight excluding hydrogens is 104 g/mol. The molecule has 0 aromatic rings. The minimum Gasteiger partial charge on any atom is -0.509 e. The van der Waals surface area contributed by atoms with Gasteiger partial charge in [0.2, 0.25) is 0 Å². The normalized spacial score (nSPS) is 14.2. The lowest BCUT2D eigenvalue weighted by molar-refractivity contribution is 0.340. The topological polar surface area (TPSA) is 40.5 Å². The molecule has 8 heavy (non-hydrogen) atoms. The van der Waals surface area contributed by atoms with Gasteiger partial charge in [0.15, 0.2) is 5.76 Å². The molecule has 0 spiro atoms. The quantitative estimate of drug-likeness (QED) is 0.404. The zero-order valence-corrected chi connectivity index (χ0v) is 5.05. The Hall–Kier alpha value is -0.920. The van der Waals surface area contributed by atoms with Gasteiger partial charge in [-0.2, -0.15) is 0 Å². The molecule has 0 aliphatic carbocycles. The highest BCUT2D eigenvalue weighted by Crippen LogP contribution is 1.95. The summed E-state index contributed by atoms with van der Waals surface area (Å²) < 4.78 is 0. The van der Waals surface area contributed by atoms with Crippen LogP contribution >= 0.6 is 0 Å². The minimum absolute atomic E-state index is 0.0527. The Morgan fingerprint density at radius 2 is 1.88 bits per heavy atom. The van der Waals surface area contributed by atoms with Crippen molar-refractivity contribution >= 4 is 0 Å². The van der Waals surface area contributed by atoms with E-state index >= 15 is 0 Å². The molecule has 2 nitrogen and oxygen atoms in total. The van der Waals surface area contributed by atoms with E-state index in [1.54, 1.807) is 13.0 Å². The van der Waals surface area contributed by atoms with Gasteiger partial charge >= 0.3 is 0 Å². The summed E-state index contributed by atoms with van der Waals surface area (Å²) in [6.07, 6.45) is 3.07. The van der Waals surface area contributed by atoms with Crippen LogP contribution in [0.2, 0.25) is 0 Å². The van der Waals surface area contributed by atoms with Gasteiger partial charge in [-0.1, -0.05) is 6.08 Å². The van der Waals surface area contributed by atoms with Crippen LogP contribution in [0, 0.1) is 0 Å². The van der Waals surface area contributed by atoms with E-state index in [0.717, 1.165) is 0 Å². The second-order valence-electron chi connectivity index (χ2n) is 1.47. The van der Waals surface area contributed by atoms with E-state index in [2.05, 4.69) is 0 Å². The first-order valence-corrected chi connectivity index (χ1v) is 2.40. The zero-order chi connectivity index (χ0) is 6.57. The number of allylic oxidation sites excluding steroid dienone is 3. The Balaban J connectivity index is 4.00. The van der Waals surface area contributed by atoms with E-state index in [-0.39, 0.29) is 11.5 Å². The Morgan fingerprint density at radius 3 is 2.00 bits per heavy atom. The third kappa shape index (κ3) is 2.29. The van der Waals surface area contributed by atoms with Crippen LogP contribution in [0.15, 0.2) is 23.7 Å². The van der Waals surface area contributed by atoms with Gasteiger partial charge in [0.25, 0.3) is 0 Å². The summed E-state index contributed by atoms with van der Waals surface area (Å²) in [5.74, 6) is -0.129. The van der Waals surface area contributed by atoms with Gasteiger partial charge in [-0.3, -0.25) is 0 Å². The van der Waals surface area contributed by atoms with Crippen molar-refractivity contribution in [2.75, 3.05) is 0 Å². The molecule has 0 aliphatic rings. The highest BCUT2D eigenvalue weighted by atomic mass is 16.3. The monoisotopic (exact) mass is 114 g/mol. The first-order valence-electron chi connectivity index (χ1n) is 2.40. The zero-order valence-electron chi connectivity index (χ0n) is 5.05. The summed E-state index contributed by atoms with van der Waals surface area (Å²) in [5, 5.41) is 17.2. The van der Waals surface area contributed by atoms with Crippen LogP contribution in [-0.2, 0) is 0 Å². The standard InChI is InChI=1S/C6H10O2/c1-3-4-6(8)5(2)7/h3-4,7-8H,1-2H3/b4-3-,6-5-. The van der Waals surface area contributed by atoms with Crippen LogP contribution in [0.4, 0.5) is 0 Å². The van der Waals surface area contributed by atoms with Crippen molar-refractivity contribution in [2.24, 2.45) is 0 Å².